The van der Waals surface area contributed by atoms with Gasteiger partial charge in [0.2, 0.25) is 14.2 Å². The lowest BCUT2D eigenvalue weighted by Crippen LogP contribution is -2.13. The molecule has 1 aromatic heterocycles. The summed E-state index contributed by atoms with van der Waals surface area (Å²) in [7, 11) is -7.12. The number of benzene rings is 2. The molecule has 0 amide bonds. The smallest absolute Gasteiger partial charge is 0.261 e. The number of sulfone groups is 1. The van der Waals surface area contributed by atoms with Gasteiger partial charge in [-0.2, -0.15) is 0 Å². The summed E-state index contributed by atoms with van der Waals surface area (Å²) < 4.78 is 53.3. The van der Waals surface area contributed by atoms with Crippen molar-refractivity contribution in [1.29, 1.82) is 0 Å². The van der Waals surface area contributed by atoms with Crippen LogP contribution in [-0.4, -0.2) is 27.6 Å². The van der Waals surface area contributed by atoms with Gasteiger partial charge >= 0.3 is 0 Å². The van der Waals surface area contributed by atoms with Crippen LogP contribution in [0.5, 0.6) is 0 Å². The van der Waals surface area contributed by atoms with Gasteiger partial charge in [-0.1, -0.05) is 13.0 Å². The highest BCUT2D eigenvalue weighted by Gasteiger charge is 2.21. The van der Waals surface area contributed by atoms with Crippen molar-refractivity contribution in [2.45, 2.75) is 41.8 Å². The van der Waals surface area contributed by atoms with Crippen LogP contribution < -0.4 is 4.72 Å². The van der Waals surface area contributed by atoms with Gasteiger partial charge in [-0.15, -0.1) is 11.3 Å². The number of sulfonamides is 1. The lowest BCUT2D eigenvalue weighted by Gasteiger charge is -2.09. The van der Waals surface area contributed by atoms with E-state index >= 15 is 0 Å². The normalized spacial score (nSPS) is 14.3. The molecule has 2 aromatic carbocycles. The van der Waals surface area contributed by atoms with Gasteiger partial charge in [0.05, 0.1) is 26.6 Å². The third-order valence-electron chi connectivity index (χ3n) is 4.74. The van der Waals surface area contributed by atoms with Crippen molar-refractivity contribution >= 4 is 47.1 Å². The largest absolute Gasteiger partial charge is 0.280 e. The summed E-state index contributed by atoms with van der Waals surface area (Å²) in [6.07, 6.45) is 3.47. The Kier molecular flexibility index (Phi) is 4.93. The van der Waals surface area contributed by atoms with Crippen LogP contribution in [-0.2, 0) is 32.7 Å². The molecule has 1 aliphatic rings. The van der Waals surface area contributed by atoms with Crippen LogP contribution in [0.25, 0.3) is 10.2 Å². The summed E-state index contributed by atoms with van der Waals surface area (Å²) >= 11 is 1.06. The molecule has 0 fully saturated rings. The van der Waals surface area contributed by atoms with Gasteiger partial charge in [-0.25, -0.2) is 21.8 Å². The number of nitrogens with zero attached hydrogens (tertiary/aromatic N) is 1. The Hall–Kier alpha value is -1.97. The summed E-state index contributed by atoms with van der Waals surface area (Å²) in [5.74, 6) is 0.0463. The lowest BCUT2D eigenvalue weighted by atomic mass is 10.1. The summed E-state index contributed by atoms with van der Waals surface area (Å²) in [6.45, 7) is 1.80. The first kappa shape index (κ1) is 19.4. The van der Waals surface area contributed by atoms with E-state index in [-0.39, 0.29) is 15.0 Å². The Labute approximate surface area is 168 Å². The minimum absolute atomic E-state index is 0.0463. The van der Waals surface area contributed by atoms with Crippen molar-refractivity contribution < 1.29 is 16.8 Å². The van der Waals surface area contributed by atoms with E-state index in [1.165, 1.54) is 5.56 Å². The molecule has 0 spiro atoms. The van der Waals surface area contributed by atoms with Gasteiger partial charge in [-0.05, 0) is 67.1 Å². The average molecular weight is 437 g/mol. The lowest BCUT2D eigenvalue weighted by molar-refractivity contribution is 0.594. The van der Waals surface area contributed by atoms with Gasteiger partial charge in [0.1, 0.15) is 0 Å². The zero-order valence-corrected chi connectivity index (χ0v) is 17.8. The maximum absolute atomic E-state index is 12.8. The number of hydrogen-bond donors (Lipinski definition) is 1. The number of rotatable bonds is 6. The molecular formula is C19H20N2O4S3. The number of thiazole rings is 1. The minimum Gasteiger partial charge on any atom is -0.280 e. The molecule has 1 aliphatic carbocycles. The molecule has 9 heteroatoms. The second-order valence-corrected chi connectivity index (χ2v) is 11.9. The molecule has 28 heavy (non-hydrogen) atoms. The number of aromatic nitrogens is 1. The van der Waals surface area contributed by atoms with Crippen LogP contribution in [0.1, 0.15) is 30.9 Å². The minimum atomic E-state index is -3.72. The highest BCUT2D eigenvalue weighted by molar-refractivity contribution is 7.93. The molecule has 148 valence electrons. The van der Waals surface area contributed by atoms with Crippen LogP contribution in [0.2, 0.25) is 0 Å². The molecule has 0 saturated carbocycles. The van der Waals surface area contributed by atoms with Crippen molar-refractivity contribution in [2.24, 2.45) is 0 Å². The molecule has 0 radical (unpaired) electrons. The van der Waals surface area contributed by atoms with Crippen molar-refractivity contribution in [3.05, 3.63) is 47.5 Å². The monoisotopic (exact) mass is 436 g/mol. The number of anilines is 1. The molecule has 0 aliphatic heterocycles. The van der Waals surface area contributed by atoms with Crippen molar-refractivity contribution in [3.63, 3.8) is 0 Å². The maximum atomic E-state index is 12.8. The van der Waals surface area contributed by atoms with Crippen LogP contribution in [0.3, 0.4) is 0 Å². The Morgan fingerprint density at radius 1 is 1.04 bits per heavy atom. The Morgan fingerprint density at radius 3 is 2.61 bits per heavy atom. The molecule has 0 bridgehead atoms. The van der Waals surface area contributed by atoms with E-state index in [2.05, 4.69) is 9.71 Å². The fourth-order valence-electron chi connectivity index (χ4n) is 3.39. The molecule has 1 N–H and O–H groups in total. The molecule has 3 aromatic rings. The second kappa shape index (κ2) is 7.13. The van der Waals surface area contributed by atoms with E-state index in [1.54, 1.807) is 37.3 Å². The van der Waals surface area contributed by atoms with E-state index in [4.69, 9.17) is 0 Å². The molecule has 0 saturated heterocycles. The van der Waals surface area contributed by atoms with Crippen LogP contribution in [0.4, 0.5) is 5.69 Å². The van der Waals surface area contributed by atoms with E-state index in [0.717, 1.165) is 36.2 Å². The maximum Gasteiger partial charge on any atom is 0.261 e. The van der Waals surface area contributed by atoms with Crippen molar-refractivity contribution in [2.75, 3.05) is 10.5 Å². The molecule has 6 nitrogen and oxygen atoms in total. The fourth-order valence-corrected chi connectivity index (χ4v) is 7.20. The molecule has 0 atom stereocenters. The summed E-state index contributed by atoms with van der Waals surface area (Å²) in [5, 5.41) is 0. The first-order chi connectivity index (χ1) is 13.3. The summed E-state index contributed by atoms with van der Waals surface area (Å²) in [4.78, 5) is 4.43. The Balaban J connectivity index is 1.64. The fraction of sp³-hybridized carbons (Fsp3) is 0.316. The van der Waals surface area contributed by atoms with Gasteiger partial charge < -0.3 is 0 Å². The van der Waals surface area contributed by atoms with Crippen molar-refractivity contribution in [3.8, 4) is 0 Å². The Bertz CT molecular complexity index is 1260. The predicted octanol–water partition coefficient (Wildman–Crippen LogP) is 3.77. The van der Waals surface area contributed by atoms with E-state index < -0.39 is 19.9 Å². The predicted molar refractivity (Wildman–Crippen MR) is 111 cm³/mol. The average Bonchev–Trinajstić information content (AvgIpc) is 3.27. The third-order valence-corrected chi connectivity index (χ3v) is 9.51. The number of aryl methyl sites for hydroxylation is 2. The first-order valence-electron chi connectivity index (χ1n) is 9.06. The van der Waals surface area contributed by atoms with Crippen LogP contribution in [0, 0.1) is 0 Å². The van der Waals surface area contributed by atoms with E-state index in [0.29, 0.717) is 22.3 Å². The number of fused-ring (bicyclic) bond motifs is 2. The molecule has 0 unspecified atom stereocenters. The summed E-state index contributed by atoms with van der Waals surface area (Å²) in [6, 6.07) is 10.1. The van der Waals surface area contributed by atoms with Crippen molar-refractivity contribution in [1.82, 2.24) is 4.98 Å². The number of nitrogens with one attached hydrogen (secondary N) is 1. The van der Waals surface area contributed by atoms with Gasteiger partial charge in [-0.3, -0.25) is 4.72 Å². The molecule has 4 rings (SSSR count). The van der Waals surface area contributed by atoms with Crippen LogP contribution >= 0.6 is 11.3 Å². The quantitative estimate of drug-likeness (QED) is 0.635. The van der Waals surface area contributed by atoms with Gasteiger partial charge in [0.15, 0.2) is 0 Å². The highest BCUT2D eigenvalue weighted by atomic mass is 32.2. The van der Waals surface area contributed by atoms with Crippen LogP contribution in [0.15, 0.2) is 45.6 Å². The SMILES string of the molecule is CCCS(=O)(=O)c1nc2ccc(NS(=O)(=O)c3ccc4c(c3)CCC4)cc2s1. The Morgan fingerprint density at radius 2 is 1.82 bits per heavy atom. The molecular weight excluding hydrogens is 416 g/mol. The zero-order valence-electron chi connectivity index (χ0n) is 15.3. The topological polar surface area (TPSA) is 93.2 Å². The van der Waals surface area contributed by atoms with E-state index in [9.17, 15) is 16.8 Å². The zero-order chi connectivity index (χ0) is 19.9. The second-order valence-electron chi connectivity index (χ2n) is 6.87. The first-order valence-corrected chi connectivity index (χ1v) is 13.0. The highest BCUT2D eigenvalue weighted by Crippen LogP contribution is 2.30. The third kappa shape index (κ3) is 3.66. The van der Waals surface area contributed by atoms with E-state index in [1.807, 2.05) is 6.07 Å². The van der Waals surface area contributed by atoms with Gasteiger partial charge in [0.25, 0.3) is 10.0 Å². The molecule has 1 heterocycles. The summed E-state index contributed by atoms with van der Waals surface area (Å²) in [5.41, 5.74) is 3.23. The van der Waals surface area contributed by atoms with Gasteiger partial charge in [0, 0.05) is 0 Å². The standard InChI is InChI=1S/C19H20N2O4S3/c1-2-10-27(22,23)19-20-17-9-7-15(12-18(17)26-19)21-28(24,25)16-8-6-13-4-3-5-14(13)11-16/h6-9,11-12,21H,2-5,10H2,1H3. The number of hydrogen-bond acceptors (Lipinski definition) is 6.